The summed E-state index contributed by atoms with van der Waals surface area (Å²) in [6.45, 7) is 0.0475. The highest BCUT2D eigenvalue weighted by molar-refractivity contribution is 5.88. The molecule has 1 aromatic heterocycles. The normalized spacial score (nSPS) is 29.3. The van der Waals surface area contributed by atoms with Crippen LogP contribution in [0.15, 0.2) is 24.4 Å². The topological polar surface area (TPSA) is 76.8 Å². The molecule has 0 spiro atoms. The Morgan fingerprint density at radius 1 is 1.71 bits per heavy atom. The van der Waals surface area contributed by atoms with Gasteiger partial charge in [0.2, 0.25) is 6.04 Å². The molecule has 2 atom stereocenters. The number of hydrogen-bond donors (Lipinski definition) is 0. The summed E-state index contributed by atoms with van der Waals surface area (Å²) in [5, 5.41) is 20.1. The van der Waals surface area contributed by atoms with E-state index in [1.165, 1.54) is 12.3 Å². The van der Waals surface area contributed by atoms with Crippen LogP contribution in [0.1, 0.15) is 10.5 Å². The summed E-state index contributed by atoms with van der Waals surface area (Å²) in [5.41, 5.74) is 0.125. The SMILES string of the molecule is N#CC1C[N+]1([O-])C(=O)c1ccccn1. The number of aromatic nitrogens is 1. The first kappa shape index (κ1) is 8.81. The summed E-state index contributed by atoms with van der Waals surface area (Å²) in [6.07, 6.45) is 1.45. The molecular formula is C9H7N3O2. The molecule has 70 valence electrons. The van der Waals surface area contributed by atoms with E-state index in [0.29, 0.717) is 0 Å². The fraction of sp³-hybridized carbons (Fsp3) is 0.222. The van der Waals surface area contributed by atoms with E-state index in [0.717, 1.165) is 0 Å². The lowest BCUT2D eigenvalue weighted by molar-refractivity contribution is -0.661. The number of nitriles is 1. The van der Waals surface area contributed by atoms with Gasteiger partial charge in [-0.15, -0.1) is 0 Å². The van der Waals surface area contributed by atoms with Crippen LogP contribution in [0.2, 0.25) is 0 Å². The molecule has 1 aromatic rings. The first-order chi connectivity index (χ1) is 6.68. The van der Waals surface area contributed by atoms with Crippen molar-refractivity contribution in [2.45, 2.75) is 6.04 Å². The molecular weight excluding hydrogens is 182 g/mol. The van der Waals surface area contributed by atoms with Crippen LogP contribution < -0.4 is 0 Å². The zero-order chi connectivity index (χ0) is 10.2. The van der Waals surface area contributed by atoms with Crippen LogP contribution >= 0.6 is 0 Å². The van der Waals surface area contributed by atoms with Gasteiger partial charge in [-0.2, -0.15) is 5.26 Å². The Hall–Kier alpha value is -1.77. The van der Waals surface area contributed by atoms with Crippen LogP contribution in [0.4, 0.5) is 0 Å². The van der Waals surface area contributed by atoms with Crippen molar-refractivity contribution in [2.75, 3.05) is 6.54 Å². The maximum absolute atomic E-state index is 11.6. The van der Waals surface area contributed by atoms with Crippen LogP contribution in [0.5, 0.6) is 0 Å². The molecule has 2 rings (SSSR count). The van der Waals surface area contributed by atoms with Crippen molar-refractivity contribution in [3.05, 3.63) is 35.3 Å². The molecule has 0 saturated carbocycles. The smallest absolute Gasteiger partial charge is 0.365 e. The van der Waals surface area contributed by atoms with Gasteiger partial charge in [-0.3, -0.25) is 4.65 Å². The van der Waals surface area contributed by atoms with Crippen molar-refractivity contribution in [2.24, 2.45) is 0 Å². The van der Waals surface area contributed by atoms with Crippen LogP contribution in [0, 0.1) is 16.5 Å². The minimum absolute atomic E-state index is 0.0475. The molecule has 1 fully saturated rings. The molecule has 0 aliphatic carbocycles. The molecule has 1 amide bonds. The lowest BCUT2D eigenvalue weighted by Gasteiger charge is -2.17. The van der Waals surface area contributed by atoms with Gasteiger partial charge in [0.25, 0.3) is 0 Å². The second kappa shape index (κ2) is 2.87. The van der Waals surface area contributed by atoms with Gasteiger partial charge in [-0.1, -0.05) is 6.07 Å². The molecule has 0 bridgehead atoms. The largest absolute Gasteiger partial charge is 0.624 e. The molecule has 0 radical (unpaired) electrons. The van der Waals surface area contributed by atoms with E-state index in [1.54, 1.807) is 18.2 Å². The first-order valence-electron chi connectivity index (χ1n) is 4.13. The third-order valence-corrected chi connectivity index (χ3v) is 2.19. The van der Waals surface area contributed by atoms with E-state index in [9.17, 15) is 10.0 Å². The van der Waals surface area contributed by atoms with Crippen LogP contribution in [-0.4, -0.2) is 28.1 Å². The average Bonchev–Trinajstić information content (AvgIpc) is 2.91. The Balaban J connectivity index is 2.24. The molecule has 0 aromatic carbocycles. The Bertz CT molecular complexity index is 412. The lowest BCUT2D eigenvalue weighted by Crippen LogP contribution is -2.30. The van der Waals surface area contributed by atoms with Gasteiger partial charge >= 0.3 is 5.91 Å². The first-order valence-corrected chi connectivity index (χ1v) is 4.13. The summed E-state index contributed by atoms with van der Waals surface area (Å²) < 4.78 is -1.08. The van der Waals surface area contributed by atoms with Crippen molar-refractivity contribution in [1.29, 1.82) is 5.26 Å². The van der Waals surface area contributed by atoms with Gasteiger partial charge in [-0.05, 0) is 12.1 Å². The summed E-state index contributed by atoms with van der Waals surface area (Å²) >= 11 is 0. The lowest BCUT2D eigenvalue weighted by atomic mass is 10.3. The quantitative estimate of drug-likeness (QED) is 0.365. The minimum Gasteiger partial charge on any atom is -0.624 e. The average molecular weight is 189 g/mol. The number of nitrogens with zero attached hydrogens (tertiary/aromatic N) is 3. The second-order valence-corrected chi connectivity index (χ2v) is 3.14. The van der Waals surface area contributed by atoms with Crippen LogP contribution in [-0.2, 0) is 0 Å². The molecule has 5 nitrogen and oxygen atoms in total. The molecule has 1 aliphatic heterocycles. The predicted octanol–water partition coefficient (Wildman–Crippen LogP) is 0.442. The Morgan fingerprint density at radius 3 is 3.00 bits per heavy atom. The van der Waals surface area contributed by atoms with Crippen LogP contribution in [0.25, 0.3) is 0 Å². The zero-order valence-corrected chi connectivity index (χ0v) is 7.25. The molecule has 1 saturated heterocycles. The summed E-state index contributed by atoms with van der Waals surface area (Å²) in [4.78, 5) is 15.3. The van der Waals surface area contributed by atoms with Crippen molar-refractivity contribution in [3.8, 4) is 6.07 Å². The Morgan fingerprint density at radius 2 is 2.50 bits per heavy atom. The third-order valence-electron chi connectivity index (χ3n) is 2.19. The van der Waals surface area contributed by atoms with E-state index in [2.05, 4.69) is 4.98 Å². The highest BCUT2D eigenvalue weighted by Crippen LogP contribution is 2.30. The molecule has 2 unspecified atom stereocenters. The van der Waals surface area contributed by atoms with E-state index >= 15 is 0 Å². The fourth-order valence-corrected chi connectivity index (χ4v) is 1.25. The van der Waals surface area contributed by atoms with Crippen molar-refractivity contribution < 1.29 is 9.44 Å². The van der Waals surface area contributed by atoms with E-state index in [-0.39, 0.29) is 12.2 Å². The number of pyridine rings is 1. The van der Waals surface area contributed by atoms with Crippen LogP contribution in [0.3, 0.4) is 0 Å². The molecule has 5 heteroatoms. The standard InChI is InChI=1S/C9H7N3O2/c10-5-7-6-12(7,14)9(13)8-3-1-2-4-11-8/h1-4,7H,6H2. The molecule has 0 N–H and O–H groups in total. The summed E-state index contributed by atoms with van der Waals surface area (Å²) in [5.74, 6) is -0.628. The number of quaternary nitrogens is 1. The number of amides is 1. The molecule has 14 heavy (non-hydrogen) atoms. The highest BCUT2D eigenvalue weighted by Gasteiger charge is 2.55. The maximum atomic E-state index is 11.6. The monoisotopic (exact) mass is 189 g/mol. The Labute approximate surface area is 80.4 Å². The minimum atomic E-state index is -1.08. The van der Waals surface area contributed by atoms with Gasteiger partial charge in [0.15, 0.2) is 12.2 Å². The predicted molar refractivity (Wildman–Crippen MR) is 46.5 cm³/mol. The van der Waals surface area contributed by atoms with E-state index in [4.69, 9.17) is 5.26 Å². The fourth-order valence-electron chi connectivity index (χ4n) is 1.25. The van der Waals surface area contributed by atoms with Gasteiger partial charge in [0, 0.05) is 6.20 Å². The van der Waals surface area contributed by atoms with Gasteiger partial charge < -0.3 is 5.21 Å². The van der Waals surface area contributed by atoms with Gasteiger partial charge in [-0.25, -0.2) is 9.78 Å². The van der Waals surface area contributed by atoms with E-state index < -0.39 is 16.6 Å². The number of rotatable bonds is 1. The van der Waals surface area contributed by atoms with Crippen molar-refractivity contribution in [1.82, 2.24) is 4.98 Å². The van der Waals surface area contributed by atoms with Gasteiger partial charge in [0.05, 0.1) is 0 Å². The zero-order valence-electron chi connectivity index (χ0n) is 7.25. The number of hydrogen-bond acceptors (Lipinski definition) is 4. The number of carbonyl (C=O) groups excluding carboxylic acids is 1. The summed E-state index contributed by atoms with van der Waals surface area (Å²) in [6, 6.07) is 5.82. The molecule has 2 heterocycles. The second-order valence-electron chi connectivity index (χ2n) is 3.14. The number of carbonyl (C=O) groups is 1. The van der Waals surface area contributed by atoms with Crippen molar-refractivity contribution in [3.63, 3.8) is 0 Å². The molecule has 1 aliphatic rings. The van der Waals surface area contributed by atoms with E-state index in [1.807, 2.05) is 0 Å². The highest BCUT2D eigenvalue weighted by atomic mass is 16.6. The maximum Gasteiger partial charge on any atom is 0.365 e. The summed E-state index contributed by atoms with van der Waals surface area (Å²) in [7, 11) is 0. The van der Waals surface area contributed by atoms with Gasteiger partial charge in [0.1, 0.15) is 6.07 Å². The number of hydroxylamine groups is 3. The Kier molecular flexibility index (Phi) is 1.81. The third kappa shape index (κ3) is 1.18. The van der Waals surface area contributed by atoms with Crippen molar-refractivity contribution >= 4 is 5.91 Å².